The second kappa shape index (κ2) is 6.43. The molecule has 0 saturated carbocycles. The van der Waals surface area contributed by atoms with E-state index in [1.165, 1.54) is 6.07 Å². The topological polar surface area (TPSA) is 92.9 Å². The summed E-state index contributed by atoms with van der Waals surface area (Å²) in [6.45, 7) is 2.85. The number of carboxylic acids is 1. The lowest BCUT2D eigenvalue weighted by Gasteiger charge is -2.26. The number of hydrogen-bond acceptors (Lipinski definition) is 5. The molecule has 1 saturated heterocycles. The van der Waals surface area contributed by atoms with E-state index in [1.807, 2.05) is 4.90 Å². The number of ether oxygens (including phenoxy) is 1. The summed E-state index contributed by atoms with van der Waals surface area (Å²) in [7, 11) is 0. The number of hydrogen-bond donors (Lipinski definition) is 1. The van der Waals surface area contributed by atoms with Crippen LogP contribution in [0.2, 0.25) is 0 Å². The summed E-state index contributed by atoms with van der Waals surface area (Å²) in [4.78, 5) is 23.4. The third-order valence-electron chi connectivity index (χ3n) is 3.56. The Kier molecular flexibility index (Phi) is 4.62. The minimum Gasteiger partial charge on any atom is -0.487 e. The molecule has 0 bridgehead atoms. The molecule has 0 spiro atoms. The zero-order valence-corrected chi connectivity index (χ0v) is 11.8. The number of nitro benzene ring substituents is 1. The van der Waals surface area contributed by atoms with Crippen LogP contribution in [0.4, 0.5) is 11.4 Å². The van der Waals surface area contributed by atoms with Gasteiger partial charge in [0.1, 0.15) is 0 Å². The van der Waals surface area contributed by atoms with Crippen molar-refractivity contribution in [3.8, 4) is 5.75 Å². The van der Waals surface area contributed by atoms with Gasteiger partial charge in [-0.15, -0.1) is 0 Å². The molecule has 0 radical (unpaired) electrons. The Balaban J connectivity index is 2.28. The van der Waals surface area contributed by atoms with Gasteiger partial charge in [-0.1, -0.05) is 0 Å². The Morgan fingerprint density at radius 1 is 1.57 bits per heavy atom. The number of benzene rings is 1. The smallest absolute Gasteiger partial charge is 0.311 e. The van der Waals surface area contributed by atoms with Crippen molar-refractivity contribution >= 4 is 17.3 Å². The highest BCUT2D eigenvalue weighted by Gasteiger charge is 2.28. The van der Waals surface area contributed by atoms with Crippen LogP contribution in [0.5, 0.6) is 5.75 Å². The van der Waals surface area contributed by atoms with Gasteiger partial charge in [0.15, 0.2) is 5.75 Å². The molecule has 2 rings (SSSR count). The van der Waals surface area contributed by atoms with Crippen LogP contribution < -0.4 is 9.64 Å². The summed E-state index contributed by atoms with van der Waals surface area (Å²) in [5, 5.41) is 19.9. The molecule has 7 nitrogen and oxygen atoms in total. The highest BCUT2D eigenvalue weighted by molar-refractivity contribution is 5.69. The molecule has 1 heterocycles. The lowest BCUT2D eigenvalue weighted by atomic mass is 10.1. The molecular weight excluding hydrogens is 276 g/mol. The fourth-order valence-corrected chi connectivity index (χ4v) is 2.69. The number of rotatable bonds is 6. The minimum absolute atomic E-state index is 0.0704. The standard InChI is InChI=1S/C14H18N2O5/c1-2-21-13-8-11(5-6-12(13)16(19)20)15-7-3-4-10(15)9-14(17)18/h5-6,8,10H,2-4,7,9H2,1H3,(H,17,18). The van der Waals surface area contributed by atoms with Gasteiger partial charge in [-0.3, -0.25) is 14.9 Å². The number of nitro groups is 1. The summed E-state index contributed by atoms with van der Waals surface area (Å²) in [5.41, 5.74) is 0.697. The molecule has 7 heteroatoms. The molecule has 1 N–H and O–H groups in total. The van der Waals surface area contributed by atoms with Crippen LogP contribution in [-0.2, 0) is 4.79 Å². The van der Waals surface area contributed by atoms with E-state index in [1.54, 1.807) is 19.1 Å². The van der Waals surface area contributed by atoms with Gasteiger partial charge >= 0.3 is 11.7 Å². The van der Waals surface area contributed by atoms with Crippen molar-refractivity contribution in [1.82, 2.24) is 0 Å². The summed E-state index contributed by atoms with van der Waals surface area (Å²) < 4.78 is 5.33. The summed E-state index contributed by atoms with van der Waals surface area (Å²) >= 11 is 0. The molecule has 1 fully saturated rings. The largest absolute Gasteiger partial charge is 0.487 e. The molecule has 1 aliphatic rings. The molecule has 1 aliphatic heterocycles. The Morgan fingerprint density at radius 2 is 2.33 bits per heavy atom. The Labute approximate surface area is 122 Å². The summed E-state index contributed by atoms with van der Waals surface area (Å²) in [6.07, 6.45) is 1.80. The zero-order chi connectivity index (χ0) is 15.4. The van der Waals surface area contributed by atoms with Gasteiger partial charge in [0.25, 0.3) is 0 Å². The van der Waals surface area contributed by atoms with Crippen molar-refractivity contribution in [2.24, 2.45) is 0 Å². The molecule has 1 atom stereocenters. The highest BCUT2D eigenvalue weighted by atomic mass is 16.6. The van der Waals surface area contributed by atoms with Crippen LogP contribution in [0.3, 0.4) is 0 Å². The first-order valence-electron chi connectivity index (χ1n) is 6.92. The normalized spacial score (nSPS) is 17.8. The molecule has 0 aromatic heterocycles. The zero-order valence-electron chi connectivity index (χ0n) is 11.8. The monoisotopic (exact) mass is 294 g/mol. The van der Waals surface area contributed by atoms with E-state index in [4.69, 9.17) is 9.84 Å². The first-order valence-corrected chi connectivity index (χ1v) is 6.92. The predicted octanol–water partition coefficient (Wildman–Crippen LogP) is 2.44. The van der Waals surface area contributed by atoms with E-state index in [2.05, 4.69) is 0 Å². The van der Waals surface area contributed by atoms with Crippen LogP contribution >= 0.6 is 0 Å². The second-order valence-electron chi connectivity index (χ2n) is 4.93. The second-order valence-corrected chi connectivity index (χ2v) is 4.93. The number of carbonyl (C=O) groups is 1. The maximum absolute atomic E-state index is 11.0. The van der Waals surface area contributed by atoms with Gasteiger partial charge in [-0.25, -0.2) is 0 Å². The quantitative estimate of drug-likeness (QED) is 0.640. The van der Waals surface area contributed by atoms with Crippen LogP contribution in [0, 0.1) is 10.1 Å². The molecule has 1 unspecified atom stereocenters. The molecule has 0 amide bonds. The number of nitrogens with zero attached hydrogens (tertiary/aromatic N) is 2. The summed E-state index contributed by atoms with van der Waals surface area (Å²) in [5.74, 6) is -0.611. The van der Waals surface area contributed by atoms with Crippen molar-refractivity contribution in [2.75, 3.05) is 18.1 Å². The van der Waals surface area contributed by atoms with Gasteiger partial charge in [0.2, 0.25) is 0 Å². The Morgan fingerprint density at radius 3 is 2.95 bits per heavy atom. The molecule has 1 aromatic rings. The average Bonchev–Trinajstić information content (AvgIpc) is 2.86. The van der Waals surface area contributed by atoms with Crippen LogP contribution in [0.25, 0.3) is 0 Å². The van der Waals surface area contributed by atoms with Crippen molar-refractivity contribution in [3.63, 3.8) is 0 Å². The van der Waals surface area contributed by atoms with Gasteiger partial charge in [-0.05, 0) is 25.8 Å². The van der Waals surface area contributed by atoms with E-state index in [-0.39, 0.29) is 23.9 Å². The number of anilines is 1. The summed E-state index contributed by atoms with van der Waals surface area (Å²) in [6, 6.07) is 4.62. The van der Waals surface area contributed by atoms with Crippen molar-refractivity contribution in [3.05, 3.63) is 28.3 Å². The van der Waals surface area contributed by atoms with Crippen LogP contribution in [0.1, 0.15) is 26.2 Å². The van der Waals surface area contributed by atoms with E-state index in [9.17, 15) is 14.9 Å². The van der Waals surface area contributed by atoms with E-state index in [0.29, 0.717) is 6.61 Å². The molecule has 21 heavy (non-hydrogen) atoms. The fraction of sp³-hybridized carbons (Fsp3) is 0.500. The average molecular weight is 294 g/mol. The van der Waals surface area contributed by atoms with Crippen LogP contribution in [-0.4, -0.2) is 35.2 Å². The lowest BCUT2D eigenvalue weighted by Crippen LogP contribution is -2.31. The lowest BCUT2D eigenvalue weighted by molar-refractivity contribution is -0.385. The van der Waals surface area contributed by atoms with E-state index in [0.717, 1.165) is 25.1 Å². The third-order valence-corrected chi connectivity index (χ3v) is 3.56. The molecule has 0 aliphatic carbocycles. The minimum atomic E-state index is -0.834. The predicted molar refractivity (Wildman–Crippen MR) is 76.9 cm³/mol. The SMILES string of the molecule is CCOc1cc(N2CCCC2CC(=O)O)ccc1[N+](=O)[O-]. The van der Waals surface area contributed by atoms with Crippen molar-refractivity contribution in [2.45, 2.75) is 32.2 Å². The Bertz CT molecular complexity index is 546. The highest BCUT2D eigenvalue weighted by Crippen LogP contribution is 2.35. The van der Waals surface area contributed by atoms with E-state index < -0.39 is 10.9 Å². The van der Waals surface area contributed by atoms with Gasteiger partial charge in [0, 0.05) is 30.4 Å². The first kappa shape index (κ1) is 15.1. The van der Waals surface area contributed by atoms with Gasteiger partial charge in [0.05, 0.1) is 18.0 Å². The Hall–Kier alpha value is -2.31. The maximum Gasteiger partial charge on any atom is 0.311 e. The van der Waals surface area contributed by atoms with Crippen molar-refractivity contribution < 1.29 is 19.6 Å². The molecule has 1 aromatic carbocycles. The number of aliphatic carboxylic acids is 1. The third kappa shape index (κ3) is 3.42. The van der Waals surface area contributed by atoms with Crippen molar-refractivity contribution in [1.29, 1.82) is 0 Å². The van der Waals surface area contributed by atoms with Gasteiger partial charge < -0.3 is 14.7 Å². The fourth-order valence-electron chi connectivity index (χ4n) is 2.69. The first-order chi connectivity index (χ1) is 10.0. The maximum atomic E-state index is 11.0. The van der Waals surface area contributed by atoms with E-state index >= 15 is 0 Å². The van der Waals surface area contributed by atoms with Gasteiger partial charge in [-0.2, -0.15) is 0 Å². The van der Waals surface area contributed by atoms with Crippen LogP contribution in [0.15, 0.2) is 18.2 Å². The molecular formula is C14H18N2O5. The molecule has 114 valence electrons. The number of carboxylic acid groups (broad SMARTS) is 1.